The maximum Gasteiger partial charge on any atom is 0.319 e. The monoisotopic (exact) mass is 267 g/mol. The van der Waals surface area contributed by atoms with E-state index in [0.717, 1.165) is 12.8 Å². The molecule has 5 heteroatoms. The molecule has 2 aliphatic rings. The molecular weight excluding hydrogens is 246 g/mol. The fourth-order valence-corrected chi connectivity index (χ4v) is 3.79. The lowest BCUT2D eigenvalue weighted by molar-refractivity contribution is -0.142. The molecule has 1 N–H and O–H groups in total. The van der Waals surface area contributed by atoms with Gasteiger partial charge in [0.2, 0.25) is 11.6 Å². The van der Waals surface area contributed by atoms with Gasteiger partial charge in [0, 0.05) is 11.3 Å². The quantitative estimate of drug-likeness (QED) is 0.451. The second-order valence-electron chi connectivity index (χ2n) is 6.09. The van der Waals surface area contributed by atoms with Crippen molar-refractivity contribution in [2.45, 2.75) is 33.1 Å². The van der Waals surface area contributed by atoms with Gasteiger partial charge in [0.1, 0.15) is 0 Å². The van der Waals surface area contributed by atoms with Crippen LogP contribution in [0.25, 0.3) is 0 Å². The summed E-state index contributed by atoms with van der Waals surface area (Å²) in [6.45, 7) is 4.73. The summed E-state index contributed by atoms with van der Waals surface area (Å²) in [4.78, 5) is 35.2. The van der Waals surface area contributed by atoms with Crippen LogP contribution in [0.2, 0.25) is 0 Å². The van der Waals surface area contributed by atoms with Gasteiger partial charge in [-0.2, -0.15) is 0 Å². The van der Waals surface area contributed by atoms with Crippen LogP contribution >= 0.6 is 0 Å². The van der Waals surface area contributed by atoms with Gasteiger partial charge < -0.3 is 10.1 Å². The maximum absolute atomic E-state index is 12.2. The first-order valence-corrected chi connectivity index (χ1v) is 6.73. The van der Waals surface area contributed by atoms with E-state index >= 15 is 0 Å². The van der Waals surface area contributed by atoms with Crippen molar-refractivity contribution in [2.24, 2.45) is 16.7 Å². The number of methoxy groups -OCH3 is 1. The number of carbonyl (C=O) groups is 3. The van der Waals surface area contributed by atoms with E-state index < -0.39 is 5.41 Å². The summed E-state index contributed by atoms with van der Waals surface area (Å²) in [5.74, 6) is -0.826. The summed E-state index contributed by atoms with van der Waals surface area (Å²) in [7, 11) is 1.34. The lowest BCUT2D eigenvalue weighted by Crippen LogP contribution is -2.40. The standard InChI is InChI=1S/C14H21NO4/c1-13(2)9-4-5-14(13,12(18)11(9)17)6-7-15-8-10(16)19-3/h9,15H,4-8H2,1-3H3. The Morgan fingerprint density at radius 3 is 2.63 bits per heavy atom. The Kier molecular flexibility index (Phi) is 3.51. The number of ketones is 2. The van der Waals surface area contributed by atoms with Crippen molar-refractivity contribution in [3.05, 3.63) is 0 Å². The van der Waals surface area contributed by atoms with Gasteiger partial charge in [-0.15, -0.1) is 0 Å². The van der Waals surface area contributed by atoms with Crippen LogP contribution in [0.1, 0.15) is 33.1 Å². The van der Waals surface area contributed by atoms with E-state index in [1.165, 1.54) is 7.11 Å². The minimum absolute atomic E-state index is 0.111. The van der Waals surface area contributed by atoms with Gasteiger partial charge >= 0.3 is 5.97 Å². The molecule has 0 amide bonds. The molecule has 2 aliphatic carbocycles. The SMILES string of the molecule is COC(=O)CNCCC12CCC(C(=O)C1=O)C2(C)C. The Hall–Kier alpha value is -1.23. The van der Waals surface area contributed by atoms with Crippen molar-refractivity contribution in [1.82, 2.24) is 5.32 Å². The predicted octanol–water partition coefficient (Wildman–Crippen LogP) is 0.713. The average Bonchev–Trinajstić information content (AvgIpc) is 2.70. The van der Waals surface area contributed by atoms with E-state index in [1.807, 2.05) is 13.8 Å². The van der Waals surface area contributed by atoms with Gasteiger partial charge in [0.25, 0.3) is 0 Å². The summed E-state index contributed by atoms with van der Waals surface area (Å²) in [5.41, 5.74) is -0.786. The topological polar surface area (TPSA) is 72.5 Å². The molecular formula is C14H21NO4. The Morgan fingerprint density at radius 1 is 1.42 bits per heavy atom. The van der Waals surface area contributed by atoms with Gasteiger partial charge in [0.05, 0.1) is 13.7 Å². The molecule has 19 heavy (non-hydrogen) atoms. The van der Waals surface area contributed by atoms with Crippen molar-refractivity contribution in [3.63, 3.8) is 0 Å². The largest absolute Gasteiger partial charge is 0.468 e. The molecule has 0 spiro atoms. The number of nitrogens with one attached hydrogen (secondary N) is 1. The van der Waals surface area contributed by atoms with Crippen molar-refractivity contribution in [2.75, 3.05) is 20.2 Å². The van der Waals surface area contributed by atoms with Crippen LogP contribution in [-0.4, -0.2) is 37.7 Å². The van der Waals surface area contributed by atoms with Crippen LogP contribution in [0.4, 0.5) is 0 Å². The molecule has 2 atom stereocenters. The summed E-state index contributed by atoms with van der Waals surface area (Å²) in [6.07, 6.45) is 2.21. The summed E-state index contributed by atoms with van der Waals surface area (Å²) in [6, 6.07) is 0. The van der Waals surface area contributed by atoms with Crippen LogP contribution < -0.4 is 5.32 Å². The van der Waals surface area contributed by atoms with Gasteiger partial charge in [0.15, 0.2) is 0 Å². The molecule has 0 saturated heterocycles. The van der Waals surface area contributed by atoms with E-state index in [-0.39, 0.29) is 35.4 Å². The van der Waals surface area contributed by atoms with E-state index in [9.17, 15) is 14.4 Å². The Labute approximate surface area is 113 Å². The first kappa shape index (κ1) is 14.2. The smallest absolute Gasteiger partial charge is 0.319 e. The highest BCUT2D eigenvalue weighted by Crippen LogP contribution is 2.63. The molecule has 5 nitrogen and oxygen atoms in total. The number of fused-ring (bicyclic) bond motifs is 2. The Balaban J connectivity index is 2.00. The summed E-state index contributed by atoms with van der Waals surface area (Å²) in [5, 5.41) is 2.98. The van der Waals surface area contributed by atoms with Crippen LogP contribution in [0.3, 0.4) is 0 Å². The molecule has 0 aromatic carbocycles. The summed E-state index contributed by atoms with van der Waals surface area (Å²) < 4.78 is 4.54. The molecule has 2 fully saturated rings. The van der Waals surface area contributed by atoms with Gasteiger partial charge in [-0.3, -0.25) is 14.4 Å². The van der Waals surface area contributed by atoms with Crippen LogP contribution in [0, 0.1) is 16.7 Å². The Morgan fingerprint density at radius 2 is 2.11 bits per heavy atom. The number of esters is 1. The summed E-state index contributed by atoms with van der Waals surface area (Å²) >= 11 is 0. The third kappa shape index (κ3) is 1.91. The number of ether oxygens (including phenoxy) is 1. The Bertz CT molecular complexity index is 429. The van der Waals surface area contributed by atoms with Crippen LogP contribution in [0.5, 0.6) is 0 Å². The van der Waals surface area contributed by atoms with Crippen LogP contribution in [0.15, 0.2) is 0 Å². The van der Waals surface area contributed by atoms with Gasteiger partial charge in [-0.25, -0.2) is 0 Å². The number of rotatable bonds is 5. The minimum atomic E-state index is -0.530. The molecule has 0 aliphatic heterocycles. The normalized spacial score (nSPS) is 31.8. The molecule has 2 rings (SSSR count). The number of carbonyl (C=O) groups excluding carboxylic acids is 3. The van der Waals surface area contributed by atoms with E-state index in [0.29, 0.717) is 13.0 Å². The van der Waals surface area contributed by atoms with Crippen molar-refractivity contribution < 1.29 is 19.1 Å². The molecule has 0 aromatic rings. The molecule has 2 unspecified atom stereocenters. The van der Waals surface area contributed by atoms with E-state index in [1.54, 1.807) is 0 Å². The number of Topliss-reactive ketones (excluding diaryl/α,β-unsaturated/α-hetero) is 2. The van der Waals surface area contributed by atoms with E-state index in [2.05, 4.69) is 10.1 Å². The zero-order chi connectivity index (χ0) is 14.3. The van der Waals surface area contributed by atoms with Crippen molar-refractivity contribution in [1.29, 1.82) is 0 Å². The zero-order valence-electron chi connectivity index (χ0n) is 11.7. The maximum atomic E-state index is 12.2. The van der Waals surface area contributed by atoms with Crippen molar-refractivity contribution >= 4 is 17.5 Å². The highest BCUT2D eigenvalue weighted by atomic mass is 16.5. The molecule has 0 radical (unpaired) electrons. The third-order valence-electron chi connectivity index (χ3n) is 5.16. The first-order chi connectivity index (χ1) is 8.87. The fraction of sp³-hybridized carbons (Fsp3) is 0.786. The second-order valence-corrected chi connectivity index (χ2v) is 6.09. The minimum Gasteiger partial charge on any atom is -0.468 e. The predicted molar refractivity (Wildman–Crippen MR) is 68.5 cm³/mol. The van der Waals surface area contributed by atoms with Gasteiger partial charge in [-0.1, -0.05) is 13.8 Å². The molecule has 0 aromatic heterocycles. The lowest BCUT2D eigenvalue weighted by atomic mass is 9.67. The highest BCUT2D eigenvalue weighted by Gasteiger charge is 2.68. The second kappa shape index (κ2) is 4.71. The molecule has 0 heterocycles. The highest BCUT2D eigenvalue weighted by molar-refractivity contribution is 6.43. The zero-order valence-corrected chi connectivity index (χ0v) is 11.7. The van der Waals surface area contributed by atoms with Crippen LogP contribution in [-0.2, 0) is 19.1 Å². The molecule has 2 saturated carbocycles. The third-order valence-corrected chi connectivity index (χ3v) is 5.16. The fourth-order valence-electron chi connectivity index (χ4n) is 3.79. The van der Waals surface area contributed by atoms with Gasteiger partial charge in [-0.05, 0) is 31.2 Å². The lowest BCUT2D eigenvalue weighted by Gasteiger charge is -2.35. The molecule has 106 valence electrons. The van der Waals surface area contributed by atoms with Crippen molar-refractivity contribution in [3.8, 4) is 0 Å². The first-order valence-electron chi connectivity index (χ1n) is 6.73. The van der Waals surface area contributed by atoms with E-state index in [4.69, 9.17) is 0 Å². The average molecular weight is 267 g/mol. The molecule has 2 bridgehead atoms. The number of hydrogen-bond acceptors (Lipinski definition) is 5. The number of hydrogen-bond donors (Lipinski definition) is 1.